The molecule has 0 saturated heterocycles. The summed E-state index contributed by atoms with van der Waals surface area (Å²) >= 11 is 1.87. The number of thiophene rings is 1. The fourth-order valence-electron chi connectivity index (χ4n) is 9.54. The first-order valence-electron chi connectivity index (χ1n) is 19.8. The van der Waals surface area contributed by atoms with Crippen molar-refractivity contribution in [2.75, 3.05) is 0 Å². The van der Waals surface area contributed by atoms with E-state index < -0.39 is 0 Å². The Morgan fingerprint density at radius 1 is 0.362 bits per heavy atom. The van der Waals surface area contributed by atoms with E-state index in [1.165, 1.54) is 75.0 Å². The Hall–Kier alpha value is -7.40. The number of hydrogen-bond acceptors (Lipinski definition) is 2. The first-order chi connectivity index (χ1) is 28.8. The Labute approximate surface area is 336 Å². The fraction of sp³-hybridized carbons (Fsp3) is 0. The van der Waals surface area contributed by atoms with Gasteiger partial charge in [-0.05, 0) is 83.4 Å². The van der Waals surface area contributed by atoms with Crippen molar-refractivity contribution in [1.29, 1.82) is 0 Å². The van der Waals surface area contributed by atoms with E-state index in [0.29, 0.717) is 0 Å². The summed E-state index contributed by atoms with van der Waals surface area (Å²) in [5, 5.41) is 9.84. The predicted molar refractivity (Wildman–Crippen MR) is 246 cm³/mol. The largest absolute Gasteiger partial charge is 0.455 e. The molecule has 58 heavy (non-hydrogen) atoms. The van der Waals surface area contributed by atoms with Gasteiger partial charge in [0, 0.05) is 59.0 Å². The lowest BCUT2D eigenvalue weighted by Gasteiger charge is -2.10. The second-order valence-corrected chi connectivity index (χ2v) is 16.3. The van der Waals surface area contributed by atoms with Crippen LogP contribution in [0.2, 0.25) is 0 Å². The lowest BCUT2D eigenvalue weighted by atomic mass is 9.99. The summed E-state index contributed by atoms with van der Waals surface area (Å²) in [4.78, 5) is 0. The summed E-state index contributed by atoms with van der Waals surface area (Å²) in [5.74, 6) is 0. The third-order valence-electron chi connectivity index (χ3n) is 12.1. The van der Waals surface area contributed by atoms with Crippen molar-refractivity contribution in [3.8, 4) is 33.6 Å². The van der Waals surface area contributed by atoms with Gasteiger partial charge in [0.05, 0.1) is 32.5 Å². The van der Waals surface area contributed by atoms with E-state index in [2.05, 4.69) is 203 Å². The molecule has 0 amide bonds. The van der Waals surface area contributed by atoms with Gasteiger partial charge in [-0.1, -0.05) is 127 Å². The molecule has 0 spiro atoms. The SMILES string of the molecule is c1cc(-c2ccc3oc4c(-c5ccc6c(c5)c5ccccc5n6-c5cccc6c5sc5ccccc56)cccc4c3c2)cc(-n2c3ccccc3c3ccccc32)c1. The van der Waals surface area contributed by atoms with Crippen LogP contribution >= 0.6 is 11.3 Å². The van der Waals surface area contributed by atoms with Gasteiger partial charge < -0.3 is 13.6 Å². The number of benzene rings is 9. The predicted octanol–water partition coefficient (Wildman–Crippen LogP) is 15.5. The van der Waals surface area contributed by atoms with Gasteiger partial charge in [-0.3, -0.25) is 0 Å². The average molecular weight is 757 g/mol. The van der Waals surface area contributed by atoms with Crippen LogP contribution in [0, 0.1) is 0 Å². The first-order valence-corrected chi connectivity index (χ1v) is 20.6. The van der Waals surface area contributed by atoms with E-state index in [1.807, 2.05) is 11.3 Å². The standard InChI is InChI=1S/C54H32N2OS/c1-5-21-46-38(14-1)39-15-2-6-22-47(39)55(46)36-13-9-12-33(30-36)34-27-29-51-45(31-34)42-19-10-18-37(53(42)57-51)35-26-28-49-44(32-35)40-16-3-7-23-48(40)56(49)50-24-11-20-43-41-17-4-8-25-52(41)58-54(43)50/h1-32H. The molecule has 0 N–H and O–H groups in total. The lowest BCUT2D eigenvalue weighted by Crippen LogP contribution is -1.94. The molecular formula is C54H32N2OS. The number of fused-ring (bicyclic) bond motifs is 12. The van der Waals surface area contributed by atoms with Crippen molar-refractivity contribution in [3.05, 3.63) is 194 Å². The molecule has 0 bridgehead atoms. The Morgan fingerprint density at radius 3 is 1.76 bits per heavy atom. The third kappa shape index (κ3) is 4.49. The van der Waals surface area contributed by atoms with Gasteiger partial charge in [-0.25, -0.2) is 0 Å². The highest BCUT2D eigenvalue weighted by Gasteiger charge is 2.19. The number of hydrogen-bond donors (Lipinski definition) is 0. The van der Waals surface area contributed by atoms with Gasteiger partial charge in [-0.2, -0.15) is 0 Å². The molecule has 0 aliphatic carbocycles. The van der Waals surface area contributed by atoms with Gasteiger partial charge in [0.2, 0.25) is 0 Å². The zero-order valence-electron chi connectivity index (χ0n) is 31.2. The van der Waals surface area contributed by atoms with Crippen molar-refractivity contribution in [2.24, 2.45) is 0 Å². The molecule has 13 rings (SSSR count). The normalized spacial score (nSPS) is 12.1. The van der Waals surface area contributed by atoms with E-state index in [9.17, 15) is 0 Å². The molecule has 270 valence electrons. The van der Waals surface area contributed by atoms with Crippen molar-refractivity contribution in [3.63, 3.8) is 0 Å². The minimum absolute atomic E-state index is 0.888. The summed E-state index contributed by atoms with van der Waals surface area (Å²) in [7, 11) is 0. The van der Waals surface area contributed by atoms with E-state index in [0.717, 1.165) is 44.3 Å². The van der Waals surface area contributed by atoms with Crippen molar-refractivity contribution in [1.82, 2.24) is 9.13 Å². The molecule has 9 aromatic carbocycles. The van der Waals surface area contributed by atoms with Crippen molar-refractivity contribution in [2.45, 2.75) is 0 Å². The van der Waals surface area contributed by atoms with Crippen LogP contribution < -0.4 is 0 Å². The Kier molecular flexibility index (Phi) is 6.60. The topological polar surface area (TPSA) is 23.0 Å². The zero-order valence-corrected chi connectivity index (χ0v) is 32.0. The lowest BCUT2D eigenvalue weighted by molar-refractivity contribution is 0.670. The van der Waals surface area contributed by atoms with Crippen LogP contribution in [-0.2, 0) is 0 Å². The maximum atomic E-state index is 6.75. The monoisotopic (exact) mass is 756 g/mol. The quantitative estimate of drug-likeness (QED) is 0.175. The van der Waals surface area contributed by atoms with Gasteiger partial charge in [-0.15, -0.1) is 11.3 Å². The second-order valence-electron chi connectivity index (χ2n) is 15.3. The summed E-state index contributed by atoms with van der Waals surface area (Å²) in [6.45, 7) is 0. The molecule has 0 aliphatic heterocycles. The average Bonchev–Trinajstić information content (AvgIpc) is 4.04. The summed E-state index contributed by atoms with van der Waals surface area (Å²) in [5.41, 5.74) is 13.5. The van der Waals surface area contributed by atoms with Crippen LogP contribution in [-0.4, -0.2) is 9.13 Å². The number of aromatic nitrogens is 2. The molecule has 0 fully saturated rings. The van der Waals surface area contributed by atoms with Gasteiger partial charge in [0.25, 0.3) is 0 Å². The minimum Gasteiger partial charge on any atom is -0.455 e. The Bertz CT molecular complexity index is 3760. The van der Waals surface area contributed by atoms with Crippen molar-refractivity contribution >= 4 is 97.1 Å². The Balaban J connectivity index is 0.945. The van der Waals surface area contributed by atoms with Crippen LogP contribution in [0.1, 0.15) is 0 Å². The molecule has 13 aromatic rings. The Morgan fingerprint density at radius 2 is 0.948 bits per heavy atom. The highest BCUT2D eigenvalue weighted by atomic mass is 32.1. The number of rotatable bonds is 4. The number of furan rings is 1. The molecule has 0 saturated carbocycles. The van der Waals surface area contributed by atoms with Gasteiger partial charge in [0.15, 0.2) is 0 Å². The van der Waals surface area contributed by atoms with Crippen LogP contribution in [0.5, 0.6) is 0 Å². The van der Waals surface area contributed by atoms with E-state index in [-0.39, 0.29) is 0 Å². The smallest absolute Gasteiger partial charge is 0.143 e. The molecule has 0 unspecified atom stereocenters. The number of nitrogens with zero attached hydrogens (tertiary/aromatic N) is 2. The van der Waals surface area contributed by atoms with Crippen molar-refractivity contribution < 1.29 is 4.42 Å². The molecule has 4 heterocycles. The molecular weight excluding hydrogens is 725 g/mol. The fourth-order valence-corrected chi connectivity index (χ4v) is 10.7. The summed E-state index contributed by atoms with van der Waals surface area (Å²) in [6.07, 6.45) is 0. The van der Waals surface area contributed by atoms with Crippen LogP contribution in [0.4, 0.5) is 0 Å². The highest BCUT2D eigenvalue weighted by molar-refractivity contribution is 7.26. The third-order valence-corrected chi connectivity index (χ3v) is 13.3. The molecule has 4 aromatic heterocycles. The first kappa shape index (κ1) is 31.8. The van der Waals surface area contributed by atoms with E-state index >= 15 is 0 Å². The summed E-state index contributed by atoms with van der Waals surface area (Å²) < 4.78 is 14.2. The van der Waals surface area contributed by atoms with Crippen LogP contribution in [0.15, 0.2) is 199 Å². The molecule has 0 atom stereocenters. The maximum Gasteiger partial charge on any atom is 0.143 e. The molecule has 3 nitrogen and oxygen atoms in total. The molecule has 0 radical (unpaired) electrons. The zero-order chi connectivity index (χ0) is 37.9. The minimum atomic E-state index is 0.888. The van der Waals surface area contributed by atoms with Gasteiger partial charge in [0.1, 0.15) is 11.2 Å². The van der Waals surface area contributed by atoms with Gasteiger partial charge >= 0.3 is 0 Å². The van der Waals surface area contributed by atoms with Crippen LogP contribution in [0.3, 0.4) is 0 Å². The molecule has 4 heteroatoms. The second kappa shape index (κ2) is 12.1. The maximum absolute atomic E-state index is 6.75. The molecule has 0 aliphatic rings. The van der Waals surface area contributed by atoms with E-state index in [4.69, 9.17) is 4.42 Å². The van der Waals surface area contributed by atoms with Crippen LogP contribution in [0.25, 0.3) is 119 Å². The number of para-hydroxylation sites is 4. The summed E-state index contributed by atoms with van der Waals surface area (Å²) in [6, 6.07) is 70.6. The van der Waals surface area contributed by atoms with E-state index in [1.54, 1.807) is 0 Å². The highest BCUT2D eigenvalue weighted by Crippen LogP contribution is 2.43.